The lowest BCUT2D eigenvalue weighted by molar-refractivity contribution is 0.101. The van der Waals surface area contributed by atoms with Crippen LogP contribution in [0, 0.1) is 0 Å². The Labute approximate surface area is 172 Å². The highest BCUT2D eigenvalue weighted by atomic mass is 32.1. The van der Waals surface area contributed by atoms with Gasteiger partial charge in [-0.2, -0.15) is 0 Å². The Balaban J connectivity index is 0.000000259. The summed E-state index contributed by atoms with van der Waals surface area (Å²) in [6.45, 7) is 7.89. The highest BCUT2D eigenvalue weighted by molar-refractivity contribution is 7.10. The molecule has 0 spiro atoms. The zero-order chi connectivity index (χ0) is 20.8. The first-order valence-corrected chi connectivity index (χ1v) is 10.3. The van der Waals surface area contributed by atoms with E-state index in [0.29, 0.717) is 17.1 Å². The lowest BCUT2D eigenvalue weighted by Crippen LogP contribution is -1.93. The molecule has 1 aromatic carbocycles. The Morgan fingerprint density at radius 2 is 1.93 bits per heavy atom. The number of rotatable bonds is 5. The van der Waals surface area contributed by atoms with E-state index in [9.17, 15) is 4.79 Å². The largest absolute Gasteiger partial charge is 0.454 e. The first-order chi connectivity index (χ1) is 13.6. The average Bonchev–Trinajstić information content (AvgIpc) is 3.41. The summed E-state index contributed by atoms with van der Waals surface area (Å²) in [5.41, 5.74) is 1.67. The highest BCUT2D eigenvalue weighted by Crippen LogP contribution is 2.32. The maximum atomic E-state index is 10.9. The number of benzene rings is 1. The predicted octanol–water partition coefficient (Wildman–Crippen LogP) is 6.44. The van der Waals surface area contributed by atoms with Gasteiger partial charge in [-0.15, -0.1) is 11.3 Å². The Kier molecular flexibility index (Phi) is 11.3. The normalized spacial score (nSPS) is 12.4. The fraction of sp³-hybridized carbons (Fsp3) is 0.304. The van der Waals surface area contributed by atoms with Crippen LogP contribution in [-0.4, -0.2) is 25.3 Å². The minimum atomic E-state index is 0.0355. The Morgan fingerprint density at radius 3 is 2.54 bits per heavy atom. The number of ether oxygens (including phenoxy) is 2. The molecule has 2 aromatic rings. The standard InChI is InChI=1S/C12H15NS.C9H8O3.C2H6/c1-3-4-6-11(13-2)8-9-12-7-5-10-14-12;1-6(10)7-2-3-8-9(4-7)12-5-11-8;1-2/h4-10H,3H2,1-2H3;2-4H,5H2,1H3;1-2H3/b6-4-,9-8+,13-11?;;. The number of Topliss-reactive ketones (excluding diaryl/α,β-unsaturated/α-hetero) is 1. The second-order valence-electron chi connectivity index (χ2n) is 5.43. The number of hydrogen-bond donors (Lipinski definition) is 0. The zero-order valence-corrected chi connectivity index (χ0v) is 18.1. The van der Waals surface area contributed by atoms with E-state index in [-0.39, 0.29) is 12.6 Å². The molecule has 0 saturated carbocycles. The van der Waals surface area contributed by atoms with Crippen molar-refractivity contribution in [3.8, 4) is 11.5 Å². The van der Waals surface area contributed by atoms with Gasteiger partial charge < -0.3 is 9.47 Å². The third-order valence-corrected chi connectivity index (χ3v) is 4.36. The molecule has 28 heavy (non-hydrogen) atoms. The minimum absolute atomic E-state index is 0.0355. The molecule has 1 aliphatic rings. The number of aliphatic imine (C=N–C) groups is 1. The van der Waals surface area contributed by atoms with Gasteiger partial charge in [0.25, 0.3) is 0 Å². The molecule has 1 aliphatic heterocycles. The van der Waals surface area contributed by atoms with Crippen LogP contribution in [0.4, 0.5) is 0 Å². The molecule has 2 heterocycles. The van der Waals surface area contributed by atoms with E-state index >= 15 is 0 Å². The molecule has 0 atom stereocenters. The molecule has 0 N–H and O–H groups in total. The summed E-state index contributed by atoms with van der Waals surface area (Å²) < 4.78 is 10.2. The van der Waals surface area contributed by atoms with Gasteiger partial charge in [-0.1, -0.05) is 32.9 Å². The summed E-state index contributed by atoms with van der Waals surface area (Å²) in [7, 11) is 1.81. The van der Waals surface area contributed by atoms with Gasteiger partial charge in [0, 0.05) is 17.5 Å². The zero-order valence-electron chi connectivity index (χ0n) is 17.3. The molecule has 0 fully saturated rings. The maximum Gasteiger partial charge on any atom is 0.231 e. The molecule has 0 saturated heterocycles. The summed E-state index contributed by atoms with van der Waals surface area (Å²) in [6, 6.07) is 9.33. The molecule has 3 rings (SSSR count). The topological polar surface area (TPSA) is 47.9 Å². The van der Waals surface area contributed by atoms with Crippen LogP contribution in [0.1, 0.15) is 49.4 Å². The van der Waals surface area contributed by atoms with Crippen molar-refractivity contribution in [3.63, 3.8) is 0 Å². The van der Waals surface area contributed by atoms with Crippen LogP contribution in [0.15, 0.2) is 58.9 Å². The first-order valence-electron chi connectivity index (χ1n) is 9.39. The molecule has 1 aromatic heterocycles. The summed E-state index contributed by atoms with van der Waals surface area (Å²) in [5, 5.41) is 2.07. The third-order valence-electron chi connectivity index (χ3n) is 3.52. The SMILES string of the molecule is CC.CC(=O)c1ccc2c(c1)OCO2.CC/C=C\C(/C=C/c1cccs1)=NC. The minimum Gasteiger partial charge on any atom is -0.454 e. The van der Waals surface area contributed by atoms with E-state index in [1.165, 1.54) is 11.8 Å². The fourth-order valence-electron chi connectivity index (χ4n) is 2.11. The van der Waals surface area contributed by atoms with E-state index in [0.717, 1.165) is 12.1 Å². The monoisotopic (exact) mass is 399 g/mol. The van der Waals surface area contributed by atoms with Crippen molar-refractivity contribution in [1.29, 1.82) is 0 Å². The maximum absolute atomic E-state index is 10.9. The van der Waals surface area contributed by atoms with Gasteiger partial charge in [-0.25, -0.2) is 0 Å². The fourth-order valence-corrected chi connectivity index (χ4v) is 2.73. The van der Waals surface area contributed by atoms with Crippen molar-refractivity contribution in [2.45, 2.75) is 34.1 Å². The van der Waals surface area contributed by atoms with Crippen LogP contribution >= 0.6 is 11.3 Å². The number of allylic oxidation sites excluding steroid dienone is 3. The molecule has 0 unspecified atom stereocenters. The van der Waals surface area contributed by atoms with Crippen molar-refractivity contribution in [2.24, 2.45) is 4.99 Å². The molecular formula is C23H29NO3S. The Hall–Kier alpha value is -2.66. The third kappa shape index (κ3) is 7.92. The number of fused-ring (bicyclic) bond motifs is 1. The van der Waals surface area contributed by atoms with Gasteiger partial charge in [-0.3, -0.25) is 9.79 Å². The van der Waals surface area contributed by atoms with Gasteiger partial charge >= 0.3 is 0 Å². The van der Waals surface area contributed by atoms with Crippen molar-refractivity contribution in [3.05, 3.63) is 64.4 Å². The lowest BCUT2D eigenvalue weighted by atomic mass is 10.1. The van der Waals surface area contributed by atoms with Crippen molar-refractivity contribution in [2.75, 3.05) is 13.8 Å². The van der Waals surface area contributed by atoms with Crippen LogP contribution in [0.25, 0.3) is 6.08 Å². The summed E-state index contributed by atoms with van der Waals surface area (Å²) in [4.78, 5) is 16.4. The van der Waals surface area contributed by atoms with Crippen LogP contribution in [0.5, 0.6) is 11.5 Å². The number of carbonyl (C=O) groups is 1. The number of ketones is 1. The van der Waals surface area contributed by atoms with E-state index in [1.54, 1.807) is 29.5 Å². The smallest absolute Gasteiger partial charge is 0.231 e. The van der Waals surface area contributed by atoms with E-state index in [4.69, 9.17) is 9.47 Å². The van der Waals surface area contributed by atoms with Crippen LogP contribution in [0.3, 0.4) is 0 Å². The van der Waals surface area contributed by atoms with E-state index in [1.807, 2.05) is 33.0 Å². The summed E-state index contributed by atoms with van der Waals surface area (Å²) >= 11 is 1.73. The molecule has 0 bridgehead atoms. The van der Waals surface area contributed by atoms with Gasteiger partial charge in [0.1, 0.15) is 0 Å². The van der Waals surface area contributed by atoms with Gasteiger partial charge in [0.05, 0.1) is 5.71 Å². The molecule has 0 amide bonds. The molecule has 150 valence electrons. The number of nitrogens with zero attached hydrogens (tertiary/aromatic N) is 1. The first kappa shape index (κ1) is 23.4. The molecule has 5 heteroatoms. The molecule has 0 aliphatic carbocycles. The lowest BCUT2D eigenvalue weighted by Gasteiger charge is -1.97. The summed E-state index contributed by atoms with van der Waals surface area (Å²) in [6.07, 6.45) is 9.34. The second kappa shape index (κ2) is 13.5. The second-order valence-corrected chi connectivity index (χ2v) is 6.41. The number of thiophene rings is 1. The van der Waals surface area contributed by atoms with Crippen molar-refractivity contribution >= 4 is 28.9 Å². The van der Waals surface area contributed by atoms with Crippen molar-refractivity contribution < 1.29 is 14.3 Å². The Bertz CT molecular complexity index is 805. The molecule has 4 nitrogen and oxygen atoms in total. The van der Waals surface area contributed by atoms with Gasteiger partial charge in [0.15, 0.2) is 17.3 Å². The average molecular weight is 400 g/mol. The molecule has 0 radical (unpaired) electrons. The predicted molar refractivity (Wildman–Crippen MR) is 120 cm³/mol. The van der Waals surface area contributed by atoms with Crippen LogP contribution in [0.2, 0.25) is 0 Å². The highest BCUT2D eigenvalue weighted by Gasteiger charge is 2.14. The van der Waals surface area contributed by atoms with E-state index < -0.39 is 0 Å². The van der Waals surface area contributed by atoms with Crippen molar-refractivity contribution in [1.82, 2.24) is 0 Å². The van der Waals surface area contributed by atoms with Crippen LogP contribution < -0.4 is 9.47 Å². The van der Waals surface area contributed by atoms with Gasteiger partial charge in [-0.05, 0) is 61.2 Å². The molecular weight excluding hydrogens is 370 g/mol. The van der Waals surface area contributed by atoms with E-state index in [2.05, 4.69) is 41.6 Å². The summed E-state index contributed by atoms with van der Waals surface area (Å²) in [5.74, 6) is 1.40. The van der Waals surface area contributed by atoms with Crippen LogP contribution in [-0.2, 0) is 0 Å². The van der Waals surface area contributed by atoms with Gasteiger partial charge in [0.2, 0.25) is 6.79 Å². The quantitative estimate of drug-likeness (QED) is 0.429. The number of carbonyl (C=O) groups excluding carboxylic acids is 1. The Morgan fingerprint density at radius 1 is 1.18 bits per heavy atom. The number of hydrogen-bond acceptors (Lipinski definition) is 5.